The third-order valence-corrected chi connectivity index (χ3v) is 5.43. The molecule has 2 unspecified atom stereocenters. The molecule has 162 valence electrons. The highest BCUT2D eigenvalue weighted by Gasteiger charge is 2.35. The molecule has 2 atom stereocenters. The molecular formula is C22H36IN5O. The van der Waals surface area contributed by atoms with E-state index in [1.807, 2.05) is 25.2 Å². The smallest absolute Gasteiger partial charge is 0.191 e. The maximum absolute atomic E-state index is 6.11. The van der Waals surface area contributed by atoms with Gasteiger partial charge in [-0.3, -0.25) is 0 Å². The molecule has 0 aliphatic carbocycles. The number of rotatable bonds is 5. The number of hydrogen-bond donors (Lipinski definition) is 2. The fourth-order valence-electron chi connectivity index (χ4n) is 4.07. The fourth-order valence-corrected chi connectivity index (χ4v) is 4.07. The van der Waals surface area contributed by atoms with E-state index in [1.54, 1.807) is 0 Å². The first-order valence-electron chi connectivity index (χ1n) is 10.4. The number of benzene rings is 1. The molecule has 0 amide bonds. The van der Waals surface area contributed by atoms with Gasteiger partial charge < -0.3 is 19.9 Å². The molecule has 2 aromatic rings. The number of aliphatic imine (C=N–C) groups is 1. The topological polar surface area (TPSA) is 63.5 Å². The summed E-state index contributed by atoms with van der Waals surface area (Å²) >= 11 is 0. The normalized spacial score (nSPS) is 20.4. The minimum atomic E-state index is 0. The van der Waals surface area contributed by atoms with Gasteiger partial charge in [0, 0.05) is 32.7 Å². The maximum Gasteiger partial charge on any atom is 0.191 e. The van der Waals surface area contributed by atoms with Gasteiger partial charge in [-0.25, -0.2) is 9.98 Å². The lowest BCUT2D eigenvalue weighted by Gasteiger charge is -2.40. The Bertz CT molecular complexity index is 811. The molecule has 3 rings (SSSR count). The van der Waals surface area contributed by atoms with Gasteiger partial charge in [-0.15, -0.1) is 24.0 Å². The van der Waals surface area contributed by atoms with Crippen molar-refractivity contribution < 1.29 is 4.74 Å². The lowest BCUT2D eigenvalue weighted by molar-refractivity contribution is -0.0835. The van der Waals surface area contributed by atoms with E-state index in [2.05, 4.69) is 49.0 Å². The van der Waals surface area contributed by atoms with E-state index in [1.165, 1.54) is 6.42 Å². The Morgan fingerprint density at radius 1 is 1.28 bits per heavy atom. The van der Waals surface area contributed by atoms with Crippen molar-refractivity contribution in [2.75, 3.05) is 19.7 Å². The first-order chi connectivity index (χ1) is 13.4. The Morgan fingerprint density at radius 2 is 2.03 bits per heavy atom. The molecule has 0 bridgehead atoms. The van der Waals surface area contributed by atoms with Crippen LogP contribution in [0, 0.1) is 11.3 Å². The van der Waals surface area contributed by atoms with Crippen LogP contribution in [0.2, 0.25) is 0 Å². The van der Waals surface area contributed by atoms with E-state index in [0.717, 1.165) is 48.9 Å². The summed E-state index contributed by atoms with van der Waals surface area (Å²) in [7, 11) is 2.05. The molecule has 7 heteroatoms. The summed E-state index contributed by atoms with van der Waals surface area (Å²) in [5.74, 6) is 2.30. The third kappa shape index (κ3) is 6.07. The zero-order valence-corrected chi connectivity index (χ0v) is 20.7. The van der Waals surface area contributed by atoms with E-state index in [0.29, 0.717) is 12.5 Å². The second-order valence-electron chi connectivity index (χ2n) is 8.71. The van der Waals surface area contributed by atoms with Gasteiger partial charge in [0.1, 0.15) is 12.4 Å². The summed E-state index contributed by atoms with van der Waals surface area (Å²) in [5, 5.41) is 6.90. The molecule has 0 spiro atoms. The summed E-state index contributed by atoms with van der Waals surface area (Å²) < 4.78 is 8.23. The van der Waals surface area contributed by atoms with Gasteiger partial charge in [-0.05, 0) is 37.3 Å². The van der Waals surface area contributed by atoms with E-state index < -0.39 is 0 Å². The van der Waals surface area contributed by atoms with E-state index in [9.17, 15) is 0 Å². The van der Waals surface area contributed by atoms with Crippen LogP contribution >= 0.6 is 24.0 Å². The largest absolute Gasteiger partial charge is 0.377 e. The predicted octanol–water partition coefficient (Wildman–Crippen LogP) is 4.09. The van der Waals surface area contributed by atoms with Crippen LogP contribution in [0.3, 0.4) is 0 Å². The second-order valence-corrected chi connectivity index (χ2v) is 8.71. The van der Waals surface area contributed by atoms with Crippen molar-refractivity contribution in [3.8, 4) is 0 Å². The van der Waals surface area contributed by atoms with Gasteiger partial charge in [0.05, 0.1) is 17.1 Å². The number of guanidine groups is 1. The van der Waals surface area contributed by atoms with Crippen molar-refractivity contribution in [2.24, 2.45) is 23.4 Å². The molecule has 29 heavy (non-hydrogen) atoms. The van der Waals surface area contributed by atoms with Crippen molar-refractivity contribution in [1.29, 1.82) is 0 Å². The van der Waals surface area contributed by atoms with Gasteiger partial charge >= 0.3 is 0 Å². The molecule has 1 aliphatic heterocycles. The Balaban J connectivity index is 0.00000300. The summed E-state index contributed by atoms with van der Waals surface area (Å²) in [6.07, 6.45) is 2.60. The Morgan fingerprint density at radius 3 is 2.72 bits per heavy atom. The number of aromatic nitrogens is 2. The van der Waals surface area contributed by atoms with Crippen LogP contribution < -0.4 is 10.6 Å². The minimum absolute atomic E-state index is 0. The SMILES string of the molecule is CCNC(=NCc1nc2ccccc2n1C)NCC1CCCOC1C(C)(C)C.I. The quantitative estimate of drug-likeness (QED) is 0.359. The highest BCUT2D eigenvalue weighted by atomic mass is 127. The van der Waals surface area contributed by atoms with Crippen molar-refractivity contribution in [3.63, 3.8) is 0 Å². The van der Waals surface area contributed by atoms with Crippen LogP contribution in [-0.2, 0) is 18.3 Å². The molecule has 1 aromatic heterocycles. The van der Waals surface area contributed by atoms with Crippen LogP contribution in [0.5, 0.6) is 0 Å². The molecule has 6 nitrogen and oxygen atoms in total. The number of hydrogen-bond acceptors (Lipinski definition) is 3. The van der Waals surface area contributed by atoms with Crippen LogP contribution in [0.1, 0.15) is 46.4 Å². The molecule has 1 aliphatic rings. The lowest BCUT2D eigenvalue weighted by atomic mass is 9.78. The van der Waals surface area contributed by atoms with Gasteiger partial charge in [0.15, 0.2) is 5.96 Å². The summed E-state index contributed by atoms with van der Waals surface area (Å²) in [4.78, 5) is 9.50. The van der Waals surface area contributed by atoms with Crippen molar-refractivity contribution in [3.05, 3.63) is 30.1 Å². The molecule has 2 heterocycles. The predicted molar refractivity (Wildman–Crippen MR) is 131 cm³/mol. The fraction of sp³-hybridized carbons (Fsp3) is 0.636. The number of halogens is 1. The van der Waals surface area contributed by atoms with Crippen LogP contribution in [0.4, 0.5) is 0 Å². The first kappa shape index (κ1) is 23.9. The minimum Gasteiger partial charge on any atom is -0.377 e. The van der Waals surface area contributed by atoms with Crippen molar-refractivity contribution in [2.45, 2.75) is 53.2 Å². The molecule has 2 N–H and O–H groups in total. The number of aryl methyl sites for hydroxylation is 1. The molecule has 0 saturated carbocycles. The van der Waals surface area contributed by atoms with Gasteiger partial charge in [0.2, 0.25) is 0 Å². The average molecular weight is 513 g/mol. The third-order valence-electron chi connectivity index (χ3n) is 5.43. The van der Waals surface area contributed by atoms with Gasteiger partial charge in [-0.2, -0.15) is 0 Å². The molecule has 1 aromatic carbocycles. The highest BCUT2D eigenvalue weighted by Crippen LogP contribution is 2.33. The van der Waals surface area contributed by atoms with Crippen LogP contribution in [-0.4, -0.2) is 41.3 Å². The molecular weight excluding hydrogens is 477 g/mol. The highest BCUT2D eigenvalue weighted by molar-refractivity contribution is 14.0. The number of nitrogens with zero attached hydrogens (tertiary/aromatic N) is 3. The van der Waals surface area contributed by atoms with Crippen LogP contribution in [0.25, 0.3) is 11.0 Å². The van der Waals surface area contributed by atoms with E-state index in [-0.39, 0.29) is 35.5 Å². The second kappa shape index (κ2) is 10.6. The Kier molecular flexibility index (Phi) is 8.75. The summed E-state index contributed by atoms with van der Waals surface area (Å²) in [6.45, 7) is 12.0. The Hall–Kier alpha value is -1.35. The number of ether oxygens (including phenoxy) is 1. The van der Waals surface area contributed by atoms with Crippen LogP contribution in [0.15, 0.2) is 29.3 Å². The summed E-state index contributed by atoms with van der Waals surface area (Å²) in [6, 6.07) is 8.20. The molecule has 0 radical (unpaired) electrons. The number of nitrogens with one attached hydrogen (secondary N) is 2. The average Bonchev–Trinajstić information content (AvgIpc) is 2.99. The number of fused-ring (bicyclic) bond motifs is 1. The van der Waals surface area contributed by atoms with E-state index >= 15 is 0 Å². The van der Waals surface area contributed by atoms with Gasteiger partial charge in [0.25, 0.3) is 0 Å². The van der Waals surface area contributed by atoms with Crippen molar-refractivity contribution in [1.82, 2.24) is 20.2 Å². The molecule has 1 saturated heterocycles. The first-order valence-corrected chi connectivity index (χ1v) is 10.4. The van der Waals surface area contributed by atoms with Gasteiger partial charge in [-0.1, -0.05) is 32.9 Å². The zero-order chi connectivity index (χ0) is 20.1. The Labute approximate surface area is 191 Å². The standard InChI is InChI=1S/C22H35N5O.HI/c1-6-23-21(24-14-16-10-9-13-28-20(16)22(2,3)4)25-15-19-26-17-11-7-8-12-18(17)27(19)5;/h7-8,11-12,16,20H,6,9-10,13-15H2,1-5H3,(H2,23,24,25);1H. The molecule has 1 fully saturated rings. The maximum atomic E-state index is 6.11. The van der Waals surface area contributed by atoms with E-state index in [4.69, 9.17) is 14.7 Å². The lowest BCUT2D eigenvalue weighted by Crippen LogP contribution is -2.47. The monoisotopic (exact) mass is 513 g/mol. The summed E-state index contributed by atoms with van der Waals surface area (Å²) in [5.41, 5.74) is 2.30. The number of imidazole rings is 1. The number of para-hydroxylation sites is 2. The van der Waals surface area contributed by atoms with Crippen molar-refractivity contribution >= 4 is 41.0 Å². The zero-order valence-electron chi connectivity index (χ0n) is 18.4.